The first-order valence-corrected chi connectivity index (χ1v) is 2.56. The average molecular weight is 174 g/mol. The number of benzene rings is 1. The van der Waals surface area contributed by atoms with Crippen molar-refractivity contribution in [3.05, 3.63) is 43.3 Å². The van der Waals surface area contributed by atoms with Crippen LogP contribution in [0.15, 0.2) is 24.3 Å². The standard InChI is InChI=1S/C7H6NO.CH3.K/c8-7(9)6-4-2-1-3-5-6;;/h1-2,4-5H,(H2,8,9);1H3;/q2*-1;+1. The molecule has 1 aromatic rings. The van der Waals surface area contributed by atoms with Gasteiger partial charge in [0, 0.05) is 0 Å². The van der Waals surface area contributed by atoms with Gasteiger partial charge >= 0.3 is 51.4 Å². The van der Waals surface area contributed by atoms with E-state index in [1.54, 1.807) is 24.3 Å². The van der Waals surface area contributed by atoms with E-state index in [-0.39, 0.29) is 58.8 Å². The Kier molecular flexibility index (Phi) is 8.84. The minimum absolute atomic E-state index is 0. The van der Waals surface area contributed by atoms with Crippen LogP contribution in [0.25, 0.3) is 0 Å². The summed E-state index contributed by atoms with van der Waals surface area (Å²) in [6.45, 7) is 0. The van der Waals surface area contributed by atoms with Gasteiger partial charge in [0.2, 0.25) is 0 Å². The summed E-state index contributed by atoms with van der Waals surface area (Å²) >= 11 is 0. The van der Waals surface area contributed by atoms with E-state index in [0.717, 1.165) is 0 Å². The molecule has 54 valence electrons. The Morgan fingerprint density at radius 3 is 2.45 bits per heavy atom. The van der Waals surface area contributed by atoms with Crippen molar-refractivity contribution >= 4 is 5.91 Å². The Balaban J connectivity index is 0. The van der Waals surface area contributed by atoms with Gasteiger partial charge in [-0.1, -0.05) is 5.56 Å². The molecule has 0 saturated carbocycles. The van der Waals surface area contributed by atoms with Crippen LogP contribution in [0.3, 0.4) is 0 Å². The number of carbonyl (C=O) groups is 1. The van der Waals surface area contributed by atoms with Crippen molar-refractivity contribution in [3.8, 4) is 0 Å². The third kappa shape index (κ3) is 4.71. The zero-order valence-electron chi connectivity index (χ0n) is 6.79. The van der Waals surface area contributed by atoms with Crippen molar-refractivity contribution in [2.24, 2.45) is 5.73 Å². The minimum Gasteiger partial charge on any atom is -0.376 e. The monoisotopic (exact) mass is 174 g/mol. The minimum atomic E-state index is -0.410. The van der Waals surface area contributed by atoms with E-state index >= 15 is 0 Å². The molecule has 0 heterocycles. The SMILES string of the molecule is NC(=O)c1c[c-]ccc1.[CH3-].[K+]. The topological polar surface area (TPSA) is 43.1 Å². The number of primary amides is 1. The second kappa shape index (κ2) is 7.00. The summed E-state index contributed by atoms with van der Waals surface area (Å²) in [5, 5.41) is 0. The third-order valence-electron chi connectivity index (χ3n) is 0.992. The summed E-state index contributed by atoms with van der Waals surface area (Å²) in [5.41, 5.74) is 5.45. The van der Waals surface area contributed by atoms with Crippen LogP contribution in [0.5, 0.6) is 0 Å². The Morgan fingerprint density at radius 1 is 1.55 bits per heavy atom. The zero-order chi connectivity index (χ0) is 6.69. The van der Waals surface area contributed by atoms with Gasteiger partial charge < -0.3 is 13.2 Å². The molecule has 11 heavy (non-hydrogen) atoms. The molecular formula is C8H9KNO-. The molecular weight excluding hydrogens is 165 g/mol. The molecule has 3 heteroatoms. The van der Waals surface area contributed by atoms with Gasteiger partial charge in [-0.05, 0) is 0 Å². The Bertz CT molecular complexity index is 211. The summed E-state index contributed by atoms with van der Waals surface area (Å²) in [6.07, 6.45) is 0. The fourth-order valence-corrected chi connectivity index (χ4v) is 0.547. The molecule has 2 nitrogen and oxygen atoms in total. The molecule has 0 bridgehead atoms. The summed E-state index contributed by atoms with van der Waals surface area (Å²) in [6, 6.07) is 9.39. The normalized spacial score (nSPS) is 7.27. The van der Waals surface area contributed by atoms with E-state index in [9.17, 15) is 4.79 Å². The molecule has 0 saturated heterocycles. The van der Waals surface area contributed by atoms with E-state index in [1.165, 1.54) is 0 Å². The predicted octanol–water partition coefficient (Wildman–Crippen LogP) is -1.96. The van der Waals surface area contributed by atoms with Gasteiger partial charge in [0.1, 0.15) is 0 Å². The smallest absolute Gasteiger partial charge is 0.376 e. The average Bonchev–Trinajstić information content (AvgIpc) is 1.90. The number of rotatable bonds is 1. The Labute approximate surface area is 110 Å². The molecule has 1 rings (SSSR count). The van der Waals surface area contributed by atoms with Gasteiger partial charge in [-0.25, -0.2) is 0 Å². The van der Waals surface area contributed by atoms with E-state index in [4.69, 9.17) is 5.73 Å². The van der Waals surface area contributed by atoms with Crippen molar-refractivity contribution < 1.29 is 56.2 Å². The number of hydrogen-bond acceptors (Lipinski definition) is 1. The van der Waals surface area contributed by atoms with Gasteiger partial charge in [0.05, 0.1) is 0 Å². The van der Waals surface area contributed by atoms with Crippen molar-refractivity contribution in [3.63, 3.8) is 0 Å². The first-order chi connectivity index (χ1) is 4.30. The van der Waals surface area contributed by atoms with Crippen LogP contribution in [-0.2, 0) is 0 Å². The Hall–Kier alpha value is 0.326. The molecule has 0 spiro atoms. The summed E-state index contributed by atoms with van der Waals surface area (Å²) in [4.78, 5) is 10.4. The van der Waals surface area contributed by atoms with Gasteiger partial charge in [-0.3, -0.25) is 4.79 Å². The van der Waals surface area contributed by atoms with E-state index in [1.807, 2.05) is 0 Å². The van der Waals surface area contributed by atoms with Crippen LogP contribution in [0.2, 0.25) is 0 Å². The number of hydrogen-bond donors (Lipinski definition) is 1. The van der Waals surface area contributed by atoms with Crippen LogP contribution in [0, 0.1) is 13.5 Å². The van der Waals surface area contributed by atoms with E-state index in [2.05, 4.69) is 6.07 Å². The van der Waals surface area contributed by atoms with Crippen LogP contribution in [0.4, 0.5) is 0 Å². The van der Waals surface area contributed by atoms with Crippen molar-refractivity contribution in [1.82, 2.24) is 0 Å². The molecule has 1 amide bonds. The molecule has 0 atom stereocenters. The summed E-state index contributed by atoms with van der Waals surface area (Å²) < 4.78 is 0. The van der Waals surface area contributed by atoms with Crippen molar-refractivity contribution in [2.45, 2.75) is 0 Å². The molecule has 2 N–H and O–H groups in total. The van der Waals surface area contributed by atoms with Crippen molar-refractivity contribution in [2.75, 3.05) is 0 Å². The molecule has 0 aliphatic carbocycles. The van der Waals surface area contributed by atoms with Crippen LogP contribution >= 0.6 is 0 Å². The molecule has 0 aliphatic heterocycles. The zero-order valence-corrected chi connectivity index (χ0v) is 9.92. The second-order valence-corrected chi connectivity index (χ2v) is 1.66. The molecule has 1 aromatic carbocycles. The molecule has 0 radical (unpaired) electrons. The van der Waals surface area contributed by atoms with E-state index < -0.39 is 5.91 Å². The maximum atomic E-state index is 10.4. The fourth-order valence-electron chi connectivity index (χ4n) is 0.547. The largest absolute Gasteiger partial charge is 1.00 e. The predicted molar refractivity (Wildman–Crippen MR) is 40.2 cm³/mol. The number of amides is 1. The summed E-state index contributed by atoms with van der Waals surface area (Å²) in [7, 11) is 0. The second-order valence-electron chi connectivity index (χ2n) is 1.66. The Morgan fingerprint density at radius 2 is 2.18 bits per heavy atom. The maximum Gasteiger partial charge on any atom is 1.00 e. The number of nitrogens with two attached hydrogens (primary N) is 1. The molecule has 0 aliphatic rings. The van der Waals surface area contributed by atoms with Gasteiger partial charge in [0.15, 0.2) is 5.91 Å². The fraction of sp³-hybridized carbons (Fsp3) is 0. The van der Waals surface area contributed by atoms with Gasteiger partial charge in [-0.15, -0.1) is 0 Å². The van der Waals surface area contributed by atoms with Crippen molar-refractivity contribution in [1.29, 1.82) is 0 Å². The van der Waals surface area contributed by atoms with E-state index in [0.29, 0.717) is 5.56 Å². The summed E-state index contributed by atoms with van der Waals surface area (Å²) in [5.74, 6) is -0.410. The third-order valence-corrected chi connectivity index (χ3v) is 0.992. The molecule has 0 unspecified atom stereocenters. The first kappa shape index (κ1) is 13.9. The van der Waals surface area contributed by atoms with Gasteiger partial charge in [0.25, 0.3) is 0 Å². The van der Waals surface area contributed by atoms with Crippen LogP contribution in [-0.4, -0.2) is 5.91 Å². The maximum absolute atomic E-state index is 10.4. The molecule has 0 fully saturated rings. The quantitative estimate of drug-likeness (QED) is 0.390. The molecule has 0 aromatic heterocycles. The number of carbonyl (C=O) groups excluding carboxylic acids is 1. The van der Waals surface area contributed by atoms with Crippen LogP contribution in [0.1, 0.15) is 10.4 Å². The van der Waals surface area contributed by atoms with Crippen LogP contribution < -0.4 is 57.1 Å². The first-order valence-electron chi connectivity index (χ1n) is 2.56. The van der Waals surface area contributed by atoms with Gasteiger partial charge in [-0.2, -0.15) is 30.3 Å².